The van der Waals surface area contributed by atoms with Crippen LogP contribution in [0.25, 0.3) is 0 Å². The molecule has 0 bridgehead atoms. The first-order chi connectivity index (χ1) is 12.0. The van der Waals surface area contributed by atoms with Gasteiger partial charge in [-0.3, -0.25) is 4.79 Å². The molecule has 1 heterocycles. The Morgan fingerprint density at radius 1 is 1.00 bits per heavy atom. The van der Waals surface area contributed by atoms with Crippen LogP contribution in [0.3, 0.4) is 0 Å². The van der Waals surface area contributed by atoms with Crippen LogP contribution in [0.4, 0.5) is 17.3 Å². The molecule has 0 fully saturated rings. The molecular weight excluding hydrogens is 336 g/mol. The van der Waals surface area contributed by atoms with Gasteiger partial charge in [0.05, 0.1) is 5.56 Å². The van der Waals surface area contributed by atoms with E-state index in [-0.39, 0.29) is 5.91 Å². The van der Waals surface area contributed by atoms with Crippen LogP contribution < -0.4 is 10.6 Å². The lowest BCUT2D eigenvalue weighted by Gasteiger charge is -2.10. The standard InChI is InChI=1S/C19H17ClN4O/c1-12-4-3-5-17(13(12)2)24-19-21-10-14(11-22-19)18(25)23-16-8-6-15(20)7-9-16/h3-11H,1-2H3,(H,23,25)(H,21,22,24). The zero-order valence-electron chi connectivity index (χ0n) is 13.9. The van der Waals surface area contributed by atoms with Gasteiger partial charge in [-0.05, 0) is 55.3 Å². The van der Waals surface area contributed by atoms with Crippen molar-refractivity contribution >= 4 is 34.8 Å². The molecule has 0 atom stereocenters. The fraction of sp³-hybridized carbons (Fsp3) is 0.105. The molecule has 6 heteroatoms. The Morgan fingerprint density at radius 3 is 2.36 bits per heavy atom. The number of hydrogen-bond donors (Lipinski definition) is 2. The minimum absolute atomic E-state index is 0.277. The number of benzene rings is 2. The number of amides is 1. The zero-order chi connectivity index (χ0) is 17.8. The van der Waals surface area contributed by atoms with Crippen molar-refractivity contribution in [3.05, 3.63) is 76.6 Å². The Morgan fingerprint density at radius 2 is 1.68 bits per heavy atom. The highest BCUT2D eigenvalue weighted by Crippen LogP contribution is 2.21. The second-order valence-corrected chi connectivity index (χ2v) is 6.07. The van der Waals surface area contributed by atoms with Gasteiger partial charge in [0.15, 0.2) is 0 Å². The first-order valence-corrected chi connectivity index (χ1v) is 8.13. The Balaban J connectivity index is 1.70. The number of aromatic nitrogens is 2. The summed E-state index contributed by atoms with van der Waals surface area (Å²) in [6.45, 7) is 4.08. The average molecular weight is 353 g/mol. The van der Waals surface area contributed by atoms with Gasteiger partial charge in [0.25, 0.3) is 5.91 Å². The number of halogens is 1. The molecule has 2 aromatic carbocycles. The molecule has 0 spiro atoms. The van der Waals surface area contributed by atoms with E-state index in [2.05, 4.69) is 20.6 Å². The Bertz CT molecular complexity index is 892. The van der Waals surface area contributed by atoms with Crippen LogP contribution in [0.5, 0.6) is 0 Å². The molecule has 0 radical (unpaired) electrons. The summed E-state index contributed by atoms with van der Waals surface area (Å²) < 4.78 is 0. The van der Waals surface area contributed by atoms with E-state index in [1.165, 1.54) is 18.0 Å². The maximum Gasteiger partial charge on any atom is 0.258 e. The van der Waals surface area contributed by atoms with E-state index in [0.29, 0.717) is 22.2 Å². The predicted molar refractivity (Wildman–Crippen MR) is 101 cm³/mol. The van der Waals surface area contributed by atoms with E-state index in [4.69, 9.17) is 11.6 Å². The first kappa shape index (κ1) is 16.9. The summed E-state index contributed by atoms with van der Waals surface area (Å²) in [7, 11) is 0. The molecule has 1 aromatic heterocycles. The second kappa shape index (κ2) is 7.32. The van der Waals surface area contributed by atoms with Gasteiger partial charge in [0.1, 0.15) is 0 Å². The van der Waals surface area contributed by atoms with Gasteiger partial charge in [0, 0.05) is 28.8 Å². The van der Waals surface area contributed by atoms with Crippen LogP contribution in [0.15, 0.2) is 54.9 Å². The Kier molecular flexibility index (Phi) is 4.95. The molecule has 3 rings (SSSR count). The number of aryl methyl sites for hydroxylation is 1. The Hall–Kier alpha value is -2.92. The minimum atomic E-state index is -0.277. The third kappa shape index (κ3) is 4.14. The van der Waals surface area contributed by atoms with Crippen LogP contribution in [0, 0.1) is 13.8 Å². The van der Waals surface area contributed by atoms with Gasteiger partial charge < -0.3 is 10.6 Å². The highest BCUT2D eigenvalue weighted by atomic mass is 35.5. The molecule has 2 N–H and O–H groups in total. The summed E-state index contributed by atoms with van der Waals surface area (Å²) in [4.78, 5) is 20.7. The van der Waals surface area contributed by atoms with Gasteiger partial charge in [-0.15, -0.1) is 0 Å². The topological polar surface area (TPSA) is 66.9 Å². The summed E-state index contributed by atoms with van der Waals surface area (Å²) in [6.07, 6.45) is 2.98. The van der Waals surface area contributed by atoms with Crippen molar-refractivity contribution in [2.45, 2.75) is 13.8 Å². The lowest BCUT2D eigenvalue weighted by molar-refractivity contribution is 0.102. The lowest BCUT2D eigenvalue weighted by Crippen LogP contribution is -2.13. The van der Waals surface area contributed by atoms with Crippen molar-refractivity contribution in [1.82, 2.24) is 9.97 Å². The molecule has 0 aliphatic carbocycles. The van der Waals surface area contributed by atoms with Crippen LogP contribution >= 0.6 is 11.6 Å². The molecule has 0 aliphatic rings. The number of nitrogens with zero attached hydrogens (tertiary/aromatic N) is 2. The summed E-state index contributed by atoms with van der Waals surface area (Å²) in [5.74, 6) is 0.164. The van der Waals surface area contributed by atoms with Gasteiger partial charge in [-0.2, -0.15) is 0 Å². The van der Waals surface area contributed by atoms with Crippen molar-refractivity contribution < 1.29 is 4.79 Å². The molecule has 0 saturated carbocycles. The van der Waals surface area contributed by atoms with Crippen LogP contribution in [-0.4, -0.2) is 15.9 Å². The lowest BCUT2D eigenvalue weighted by atomic mass is 10.1. The second-order valence-electron chi connectivity index (χ2n) is 5.63. The monoisotopic (exact) mass is 352 g/mol. The fourth-order valence-corrected chi connectivity index (χ4v) is 2.38. The molecule has 126 valence electrons. The number of carbonyl (C=O) groups excluding carboxylic acids is 1. The van der Waals surface area contributed by atoms with E-state index in [9.17, 15) is 4.79 Å². The van der Waals surface area contributed by atoms with Crippen LogP contribution in [0.2, 0.25) is 5.02 Å². The minimum Gasteiger partial charge on any atom is -0.324 e. The summed E-state index contributed by atoms with van der Waals surface area (Å²) >= 11 is 5.83. The van der Waals surface area contributed by atoms with E-state index in [1.807, 2.05) is 32.0 Å². The highest BCUT2D eigenvalue weighted by molar-refractivity contribution is 6.30. The van der Waals surface area contributed by atoms with Crippen molar-refractivity contribution in [3.8, 4) is 0 Å². The number of anilines is 3. The van der Waals surface area contributed by atoms with Gasteiger partial charge in [-0.1, -0.05) is 23.7 Å². The third-order valence-electron chi connectivity index (χ3n) is 3.87. The van der Waals surface area contributed by atoms with Crippen molar-refractivity contribution in [3.63, 3.8) is 0 Å². The average Bonchev–Trinajstić information content (AvgIpc) is 2.61. The number of rotatable bonds is 4. The van der Waals surface area contributed by atoms with Crippen molar-refractivity contribution in [1.29, 1.82) is 0 Å². The van der Waals surface area contributed by atoms with Gasteiger partial charge >= 0.3 is 0 Å². The van der Waals surface area contributed by atoms with E-state index >= 15 is 0 Å². The number of hydrogen-bond acceptors (Lipinski definition) is 4. The predicted octanol–water partition coefficient (Wildman–Crippen LogP) is 4.74. The summed E-state index contributed by atoms with van der Waals surface area (Å²) in [5.41, 5.74) is 4.30. The molecule has 3 aromatic rings. The van der Waals surface area contributed by atoms with E-state index in [1.54, 1.807) is 24.3 Å². The van der Waals surface area contributed by atoms with Gasteiger partial charge in [0.2, 0.25) is 5.95 Å². The van der Waals surface area contributed by atoms with Gasteiger partial charge in [-0.25, -0.2) is 9.97 Å². The number of carbonyl (C=O) groups is 1. The summed E-state index contributed by atoms with van der Waals surface area (Å²) in [5, 5.41) is 6.55. The van der Waals surface area contributed by atoms with Crippen LogP contribution in [0.1, 0.15) is 21.5 Å². The first-order valence-electron chi connectivity index (χ1n) is 7.75. The number of nitrogens with one attached hydrogen (secondary N) is 2. The van der Waals surface area contributed by atoms with E-state index < -0.39 is 0 Å². The SMILES string of the molecule is Cc1cccc(Nc2ncc(C(=O)Nc3ccc(Cl)cc3)cn2)c1C. The smallest absolute Gasteiger partial charge is 0.258 e. The molecule has 5 nitrogen and oxygen atoms in total. The molecule has 25 heavy (non-hydrogen) atoms. The summed E-state index contributed by atoms with van der Waals surface area (Å²) in [6, 6.07) is 12.9. The zero-order valence-corrected chi connectivity index (χ0v) is 14.6. The molecule has 0 saturated heterocycles. The van der Waals surface area contributed by atoms with Crippen molar-refractivity contribution in [2.24, 2.45) is 0 Å². The highest BCUT2D eigenvalue weighted by Gasteiger charge is 2.09. The third-order valence-corrected chi connectivity index (χ3v) is 4.12. The molecule has 0 aliphatic heterocycles. The maximum atomic E-state index is 12.2. The molecular formula is C19H17ClN4O. The maximum absolute atomic E-state index is 12.2. The molecule has 0 unspecified atom stereocenters. The fourth-order valence-electron chi connectivity index (χ4n) is 2.25. The van der Waals surface area contributed by atoms with Crippen LogP contribution in [-0.2, 0) is 0 Å². The Labute approximate surface area is 151 Å². The van der Waals surface area contributed by atoms with E-state index in [0.717, 1.165) is 11.3 Å². The quantitative estimate of drug-likeness (QED) is 0.711. The molecule has 1 amide bonds. The van der Waals surface area contributed by atoms with Crippen molar-refractivity contribution in [2.75, 3.05) is 10.6 Å². The largest absolute Gasteiger partial charge is 0.324 e. The normalized spacial score (nSPS) is 10.4.